The van der Waals surface area contributed by atoms with E-state index in [0.717, 1.165) is 64.2 Å². The molecule has 0 radical (unpaired) electrons. The molecule has 310 valence electrons. The van der Waals surface area contributed by atoms with E-state index in [4.69, 9.17) is 9.05 Å². The number of rotatable bonds is 37. The second kappa shape index (κ2) is 34.9. The minimum Gasteiger partial charge on any atom is -0.391 e. The summed E-state index contributed by atoms with van der Waals surface area (Å²) >= 11 is 0. The summed E-state index contributed by atoms with van der Waals surface area (Å²) in [5.41, 5.74) is 0. The number of quaternary nitrogens is 1. The first-order valence-corrected chi connectivity index (χ1v) is 22.6. The molecule has 0 fully saturated rings. The van der Waals surface area contributed by atoms with Gasteiger partial charge in [0.05, 0.1) is 46.0 Å². The maximum atomic E-state index is 12.8. The summed E-state index contributed by atoms with van der Waals surface area (Å²) in [6.07, 6.45) is 38.9. The van der Waals surface area contributed by atoms with Crippen LogP contribution in [-0.4, -0.2) is 84.6 Å². The highest BCUT2D eigenvalue weighted by atomic mass is 31.2. The Bertz CT molecular complexity index is 1020. The lowest BCUT2D eigenvalue weighted by Gasteiger charge is -2.26. The van der Waals surface area contributed by atoms with E-state index in [-0.39, 0.29) is 31.6 Å². The van der Waals surface area contributed by atoms with E-state index in [0.29, 0.717) is 23.9 Å². The fourth-order valence-corrected chi connectivity index (χ4v) is 6.47. The molecule has 1 unspecified atom stereocenters. The van der Waals surface area contributed by atoms with Crippen LogP contribution in [-0.2, 0) is 18.4 Å². The number of hydrogen-bond acceptors (Lipinski definition) is 6. The lowest BCUT2D eigenvalue weighted by Crippen LogP contribution is -2.46. The average Bonchev–Trinajstić information content (AvgIpc) is 3.10. The van der Waals surface area contributed by atoms with Gasteiger partial charge < -0.3 is 24.9 Å². The summed E-state index contributed by atoms with van der Waals surface area (Å²) in [6.45, 7) is 4.69. The lowest BCUT2D eigenvalue weighted by molar-refractivity contribution is -0.870. The standard InChI is InChI=1S/C43H81N2O7P/c1-6-8-10-11-12-13-14-15-18-21-24-27-31-35-42(47)41(39-52-53(49,50)51-38-37-45(3,4)5)44-43(48)36-32-28-25-22-19-16-17-20-23-26-30-34-40(46)33-29-9-7-2/h16-17,22-23,25-26,30,34,40-42,46-47H,6-15,18-21,24,27-29,31-33,35-39H2,1-5H3,(H-,44,48,49,50)/p+1/b17-16-,25-22-,26-23-,34-30+/t40-,41-,42+/m0/s1. The molecular formula is C43H82N2O7P+. The van der Waals surface area contributed by atoms with Crippen LogP contribution in [0.15, 0.2) is 48.6 Å². The third-order valence-corrected chi connectivity index (χ3v) is 10.2. The Morgan fingerprint density at radius 2 is 1.23 bits per heavy atom. The Morgan fingerprint density at radius 1 is 0.698 bits per heavy atom. The molecule has 4 N–H and O–H groups in total. The molecule has 0 bridgehead atoms. The number of aliphatic hydroxyl groups excluding tert-OH is 2. The molecule has 9 nitrogen and oxygen atoms in total. The fraction of sp³-hybridized carbons (Fsp3) is 0.791. The van der Waals surface area contributed by atoms with Gasteiger partial charge in [0.15, 0.2) is 0 Å². The average molecular weight is 770 g/mol. The first-order chi connectivity index (χ1) is 25.4. The number of carbonyl (C=O) groups is 1. The van der Waals surface area contributed by atoms with Gasteiger partial charge in [0, 0.05) is 6.42 Å². The van der Waals surface area contributed by atoms with Crippen molar-refractivity contribution in [1.82, 2.24) is 5.32 Å². The van der Waals surface area contributed by atoms with Gasteiger partial charge in [-0.25, -0.2) is 4.57 Å². The number of likely N-dealkylation sites (N-methyl/N-ethyl adjacent to an activating group) is 1. The van der Waals surface area contributed by atoms with Gasteiger partial charge in [-0.05, 0) is 38.5 Å². The highest BCUT2D eigenvalue weighted by molar-refractivity contribution is 7.47. The largest absolute Gasteiger partial charge is 0.472 e. The maximum Gasteiger partial charge on any atom is 0.472 e. The monoisotopic (exact) mass is 770 g/mol. The molecule has 0 aromatic carbocycles. The Kier molecular flexibility index (Phi) is 33.8. The third-order valence-electron chi connectivity index (χ3n) is 9.18. The summed E-state index contributed by atoms with van der Waals surface area (Å²) in [6, 6.07) is -0.802. The second-order valence-corrected chi connectivity index (χ2v) is 17.0. The van der Waals surface area contributed by atoms with Gasteiger partial charge in [0.25, 0.3) is 0 Å². The summed E-state index contributed by atoms with van der Waals surface area (Å²) in [4.78, 5) is 23.1. The highest BCUT2D eigenvalue weighted by Gasteiger charge is 2.28. The van der Waals surface area contributed by atoms with E-state index in [2.05, 4.69) is 49.5 Å². The van der Waals surface area contributed by atoms with Crippen LogP contribution < -0.4 is 5.32 Å². The van der Waals surface area contributed by atoms with E-state index >= 15 is 0 Å². The third kappa shape index (κ3) is 37.1. The zero-order chi connectivity index (χ0) is 39.5. The zero-order valence-corrected chi connectivity index (χ0v) is 35.5. The van der Waals surface area contributed by atoms with E-state index in [9.17, 15) is 24.5 Å². The van der Waals surface area contributed by atoms with Crippen LogP contribution in [0.2, 0.25) is 0 Å². The maximum absolute atomic E-state index is 12.8. The van der Waals surface area contributed by atoms with Crippen molar-refractivity contribution in [3.8, 4) is 0 Å². The smallest absolute Gasteiger partial charge is 0.391 e. The van der Waals surface area contributed by atoms with E-state index < -0.39 is 20.0 Å². The summed E-state index contributed by atoms with van der Waals surface area (Å²) in [5.74, 6) is -0.218. The van der Waals surface area contributed by atoms with Crippen LogP contribution in [0.4, 0.5) is 0 Å². The molecule has 4 atom stereocenters. The van der Waals surface area contributed by atoms with E-state index in [1.54, 1.807) is 0 Å². The number of phosphoric ester groups is 1. The Morgan fingerprint density at radius 3 is 1.83 bits per heavy atom. The van der Waals surface area contributed by atoms with Crippen LogP contribution in [0.3, 0.4) is 0 Å². The number of hydrogen-bond donors (Lipinski definition) is 4. The number of allylic oxidation sites excluding steroid dienone is 7. The van der Waals surface area contributed by atoms with Crippen LogP contribution in [0.5, 0.6) is 0 Å². The molecule has 0 aromatic heterocycles. The highest BCUT2D eigenvalue weighted by Crippen LogP contribution is 2.43. The number of phosphoric acid groups is 1. The molecular weight excluding hydrogens is 687 g/mol. The molecule has 53 heavy (non-hydrogen) atoms. The van der Waals surface area contributed by atoms with Crippen LogP contribution in [0, 0.1) is 0 Å². The summed E-state index contributed by atoms with van der Waals surface area (Å²) in [5, 5.41) is 23.8. The second-order valence-electron chi connectivity index (χ2n) is 15.6. The molecule has 10 heteroatoms. The van der Waals surface area contributed by atoms with Crippen molar-refractivity contribution in [2.45, 2.75) is 180 Å². The minimum absolute atomic E-state index is 0.0544. The van der Waals surface area contributed by atoms with Crippen molar-refractivity contribution in [3.63, 3.8) is 0 Å². The Balaban J connectivity index is 4.57. The normalized spacial score (nSPS) is 15.5. The van der Waals surface area contributed by atoms with Gasteiger partial charge >= 0.3 is 7.82 Å². The van der Waals surface area contributed by atoms with Crippen molar-refractivity contribution in [2.24, 2.45) is 0 Å². The minimum atomic E-state index is -4.34. The van der Waals surface area contributed by atoms with Crippen LogP contribution in [0.1, 0.15) is 162 Å². The SMILES string of the molecule is CCCCCCCCCCCCCCC[C@@H](O)[C@H](COP(=O)(O)OCC[N+](C)(C)C)NC(=O)CCC/C=C\C/C=C\C/C=C\C=C\[C@@H](O)CCCCC. The number of amides is 1. The predicted octanol–water partition coefficient (Wildman–Crippen LogP) is 10.3. The molecule has 0 aliphatic rings. The molecule has 1 amide bonds. The molecule has 0 aliphatic heterocycles. The Labute approximate surface area is 325 Å². The van der Waals surface area contributed by atoms with Crippen LogP contribution in [0.25, 0.3) is 0 Å². The predicted molar refractivity (Wildman–Crippen MR) is 223 cm³/mol. The van der Waals surface area contributed by atoms with Gasteiger partial charge in [0.1, 0.15) is 13.2 Å². The van der Waals surface area contributed by atoms with Crippen LogP contribution >= 0.6 is 7.82 Å². The molecule has 0 rings (SSSR count). The van der Waals surface area contributed by atoms with Gasteiger partial charge in [-0.15, -0.1) is 0 Å². The summed E-state index contributed by atoms with van der Waals surface area (Å²) < 4.78 is 23.5. The number of nitrogens with zero attached hydrogens (tertiary/aromatic N) is 1. The number of unbranched alkanes of at least 4 members (excludes halogenated alkanes) is 15. The molecule has 0 aliphatic carbocycles. The molecule has 0 spiro atoms. The van der Waals surface area contributed by atoms with Crippen molar-refractivity contribution in [3.05, 3.63) is 48.6 Å². The van der Waals surface area contributed by atoms with E-state index in [1.807, 2.05) is 39.4 Å². The lowest BCUT2D eigenvalue weighted by atomic mass is 10.0. The molecule has 0 saturated heterocycles. The topological polar surface area (TPSA) is 125 Å². The number of aliphatic hydroxyl groups is 2. The zero-order valence-electron chi connectivity index (χ0n) is 34.6. The quantitative estimate of drug-likeness (QED) is 0.0163. The molecule has 0 aromatic rings. The van der Waals surface area contributed by atoms with Gasteiger partial charge in [-0.2, -0.15) is 0 Å². The summed E-state index contributed by atoms with van der Waals surface area (Å²) in [7, 11) is 1.54. The fourth-order valence-electron chi connectivity index (χ4n) is 5.74. The van der Waals surface area contributed by atoms with Gasteiger partial charge in [-0.1, -0.05) is 165 Å². The van der Waals surface area contributed by atoms with E-state index in [1.165, 1.54) is 64.2 Å². The van der Waals surface area contributed by atoms with Crippen molar-refractivity contribution in [1.29, 1.82) is 0 Å². The van der Waals surface area contributed by atoms with Gasteiger partial charge in [-0.3, -0.25) is 13.8 Å². The van der Waals surface area contributed by atoms with Gasteiger partial charge in [0.2, 0.25) is 5.91 Å². The first-order valence-electron chi connectivity index (χ1n) is 21.1. The molecule has 0 heterocycles. The Hall–Kier alpha value is -1.58. The number of carbonyl (C=O) groups excluding carboxylic acids is 1. The van der Waals surface area contributed by atoms with Crippen molar-refractivity contribution >= 4 is 13.7 Å². The molecule has 0 saturated carbocycles. The number of nitrogens with one attached hydrogen (secondary N) is 1. The first kappa shape index (κ1) is 51.4. The van der Waals surface area contributed by atoms with Crippen molar-refractivity contribution in [2.75, 3.05) is 40.9 Å². The van der Waals surface area contributed by atoms with Crippen molar-refractivity contribution < 1.29 is 38.0 Å².